The molecule has 0 radical (unpaired) electrons. The van der Waals surface area contributed by atoms with E-state index in [1.54, 1.807) is 23.5 Å². The van der Waals surface area contributed by atoms with Crippen molar-refractivity contribution in [3.63, 3.8) is 0 Å². The SMILES string of the molecule is Cc1nc(NCc2ccc(C(=O)O)cc2)c2c(CC(C)C)csc2n1. The zero-order chi connectivity index (χ0) is 18.0. The van der Waals surface area contributed by atoms with Crippen LogP contribution in [0.15, 0.2) is 29.6 Å². The molecule has 0 bridgehead atoms. The van der Waals surface area contributed by atoms with Crippen molar-refractivity contribution >= 4 is 33.3 Å². The minimum absolute atomic E-state index is 0.293. The fourth-order valence-electron chi connectivity index (χ4n) is 2.78. The van der Waals surface area contributed by atoms with E-state index in [-0.39, 0.29) is 0 Å². The second kappa shape index (κ2) is 7.19. The van der Waals surface area contributed by atoms with Gasteiger partial charge in [0, 0.05) is 6.54 Å². The number of hydrogen-bond donors (Lipinski definition) is 2. The van der Waals surface area contributed by atoms with E-state index < -0.39 is 5.97 Å². The number of anilines is 1. The Morgan fingerprint density at radius 3 is 2.60 bits per heavy atom. The van der Waals surface area contributed by atoms with Crippen molar-refractivity contribution < 1.29 is 9.90 Å². The molecule has 0 fully saturated rings. The predicted octanol–water partition coefficient (Wildman–Crippen LogP) is 4.51. The van der Waals surface area contributed by atoms with Crippen LogP contribution < -0.4 is 5.32 Å². The van der Waals surface area contributed by atoms with E-state index >= 15 is 0 Å². The molecule has 0 atom stereocenters. The third-order valence-corrected chi connectivity index (χ3v) is 4.83. The Morgan fingerprint density at radius 1 is 1.24 bits per heavy atom. The van der Waals surface area contributed by atoms with Crippen molar-refractivity contribution in [2.75, 3.05) is 5.32 Å². The highest BCUT2D eigenvalue weighted by atomic mass is 32.1. The molecule has 0 unspecified atom stereocenters. The number of thiophene rings is 1. The van der Waals surface area contributed by atoms with Crippen molar-refractivity contribution in [1.29, 1.82) is 0 Å². The van der Waals surface area contributed by atoms with Gasteiger partial charge in [-0.15, -0.1) is 11.3 Å². The van der Waals surface area contributed by atoms with Gasteiger partial charge in [0.15, 0.2) is 0 Å². The molecule has 0 saturated heterocycles. The molecule has 3 aromatic rings. The molecule has 25 heavy (non-hydrogen) atoms. The van der Waals surface area contributed by atoms with Gasteiger partial charge in [0.05, 0.1) is 10.9 Å². The zero-order valence-electron chi connectivity index (χ0n) is 14.5. The quantitative estimate of drug-likeness (QED) is 0.680. The molecule has 1 aromatic carbocycles. The van der Waals surface area contributed by atoms with Gasteiger partial charge < -0.3 is 10.4 Å². The minimum Gasteiger partial charge on any atom is -0.478 e. The number of benzene rings is 1. The summed E-state index contributed by atoms with van der Waals surface area (Å²) in [4.78, 5) is 21.1. The fraction of sp³-hybridized carbons (Fsp3) is 0.316. The van der Waals surface area contributed by atoms with E-state index in [4.69, 9.17) is 5.11 Å². The third kappa shape index (κ3) is 3.96. The van der Waals surface area contributed by atoms with Gasteiger partial charge in [0.1, 0.15) is 16.5 Å². The highest BCUT2D eigenvalue weighted by molar-refractivity contribution is 7.17. The van der Waals surface area contributed by atoms with Crippen molar-refractivity contribution in [1.82, 2.24) is 9.97 Å². The van der Waals surface area contributed by atoms with E-state index in [0.29, 0.717) is 18.0 Å². The fourth-order valence-corrected chi connectivity index (χ4v) is 3.77. The molecule has 0 aliphatic rings. The Balaban J connectivity index is 1.87. The molecule has 0 spiro atoms. The van der Waals surface area contributed by atoms with Gasteiger partial charge in [-0.25, -0.2) is 14.8 Å². The first-order chi connectivity index (χ1) is 11.9. The number of nitrogens with one attached hydrogen (secondary N) is 1. The Kier molecular flexibility index (Phi) is 4.99. The Bertz CT molecular complexity index is 901. The van der Waals surface area contributed by atoms with Crippen LogP contribution in [0.25, 0.3) is 10.2 Å². The zero-order valence-corrected chi connectivity index (χ0v) is 15.4. The number of aromatic carboxylic acids is 1. The van der Waals surface area contributed by atoms with Gasteiger partial charge in [-0.05, 0) is 47.9 Å². The smallest absolute Gasteiger partial charge is 0.335 e. The molecular formula is C19H21N3O2S. The van der Waals surface area contributed by atoms with Crippen LogP contribution in [0, 0.1) is 12.8 Å². The van der Waals surface area contributed by atoms with E-state index in [1.807, 2.05) is 19.1 Å². The average molecular weight is 355 g/mol. The lowest BCUT2D eigenvalue weighted by Crippen LogP contribution is -2.05. The molecule has 0 saturated carbocycles. The first-order valence-electron chi connectivity index (χ1n) is 8.25. The van der Waals surface area contributed by atoms with Crippen LogP contribution in [-0.2, 0) is 13.0 Å². The summed E-state index contributed by atoms with van der Waals surface area (Å²) >= 11 is 1.65. The van der Waals surface area contributed by atoms with Gasteiger partial charge in [0.2, 0.25) is 0 Å². The summed E-state index contributed by atoms with van der Waals surface area (Å²) in [6, 6.07) is 6.89. The molecule has 2 N–H and O–H groups in total. The third-order valence-electron chi connectivity index (χ3n) is 3.91. The summed E-state index contributed by atoms with van der Waals surface area (Å²) < 4.78 is 0. The average Bonchev–Trinajstić information content (AvgIpc) is 2.95. The van der Waals surface area contributed by atoms with Crippen molar-refractivity contribution in [3.05, 3.63) is 52.2 Å². The van der Waals surface area contributed by atoms with Crippen LogP contribution in [0.2, 0.25) is 0 Å². The molecule has 0 aliphatic carbocycles. The molecule has 6 heteroatoms. The van der Waals surface area contributed by atoms with Crippen LogP contribution in [0.3, 0.4) is 0 Å². The first kappa shape index (κ1) is 17.4. The van der Waals surface area contributed by atoms with E-state index in [0.717, 1.165) is 33.8 Å². The summed E-state index contributed by atoms with van der Waals surface area (Å²) in [5.41, 5.74) is 2.58. The van der Waals surface area contributed by atoms with E-state index in [9.17, 15) is 4.79 Å². The molecule has 3 rings (SSSR count). The van der Waals surface area contributed by atoms with Crippen molar-refractivity contribution in [3.8, 4) is 0 Å². The van der Waals surface area contributed by atoms with Gasteiger partial charge in [0.25, 0.3) is 0 Å². The molecule has 0 aliphatic heterocycles. The second-order valence-electron chi connectivity index (χ2n) is 6.51. The van der Waals surface area contributed by atoms with Crippen LogP contribution in [-0.4, -0.2) is 21.0 Å². The standard InChI is InChI=1S/C19H21N3O2S/c1-11(2)8-15-10-25-18-16(15)17(21-12(3)22-18)20-9-13-4-6-14(7-5-13)19(23)24/h4-7,10-11H,8-9H2,1-3H3,(H,23,24)(H,20,21,22). The molecular weight excluding hydrogens is 334 g/mol. The number of carboxylic acids is 1. The molecule has 2 aromatic heterocycles. The summed E-state index contributed by atoms with van der Waals surface area (Å²) in [6.07, 6.45) is 0.994. The van der Waals surface area contributed by atoms with Crippen molar-refractivity contribution in [2.24, 2.45) is 5.92 Å². The minimum atomic E-state index is -0.913. The van der Waals surface area contributed by atoms with Crippen LogP contribution in [0.4, 0.5) is 5.82 Å². The monoisotopic (exact) mass is 355 g/mol. The Morgan fingerprint density at radius 2 is 1.96 bits per heavy atom. The number of hydrogen-bond acceptors (Lipinski definition) is 5. The number of rotatable bonds is 6. The summed E-state index contributed by atoms with van der Waals surface area (Å²) in [5.74, 6) is 1.25. The maximum Gasteiger partial charge on any atom is 0.335 e. The van der Waals surface area contributed by atoms with Crippen LogP contribution >= 0.6 is 11.3 Å². The second-order valence-corrected chi connectivity index (χ2v) is 7.37. The molecule has 5 nitrogen and oxygen atoms in total. The highest BCUT2D eigenvalue weighted by Crippen LogP contribution is 2.31. The van der Waals surface area contributed by atoms with Crippen molar-refractivity contribution in [2.45, 2.75) is 33.7 Å². The van der Waals surface area contributed by atoms with Crippen LogP contribution in [0.5, 0.6) is 0 Å². The number of aryl methyl sites for hydroxylation is 1. The summed E-state index contributed by atoms with van der Waals surface area (Å²) in [5, 5.41) is 15.7. The number of fused-ring (bicyclic) bond motifs is 1. The normalized spacial score (nSPS) is 11.2. The lowest BCUT2D eigenvalue weighted by atomic mass is 10.0. The Hall–Kier alpha value is -2.47. The maximum atomic E-state index is 10.9. The summed E-state index contributed by atoms with van der Waals surface area (Å²) in [7, 11) is 0. The topological polar surface area (TPSA) is 75.1 Å². The van der Waals surface area contributed by atoms with Gasteiger partial charge in [-0.1, -0.05) is 26.0 Å². The number of carboxylic acid groups (broad SMARTS) is 1. The largest absolute Gasteiger partial charge is 0.478 e. The van der Waals surface area contributed by atoms with E-state index in [2.05, 4.69) is 34.5 Å². The maximum absolute atomic E-state index is 10.9. The Labute approximate surface area is 150 Å². The number of aromatic nitrogens is 2. The molecule has 2 heterocycles. The van der Waals surface area contributed by atoms with Gasteiger partial charge in [-0.2, -0.15) is 0 Å². The summed E-state index contributed by atoms with van der Waals surface area (Å²) in [6.45, 7) is 6.89. The molecule has 0 amide bonds. The molecule has 130 valence electrons. The van der Waals surface area contributed by atoms with Crippen LogP contribution in [0.1, 0.15) is 41.2 Å². The highest BCUT2D eigenvalue weighted by Gasteiger charge is 2.14. The lowest BCUT2D eigenvalue weighted by Gasteiger charge is -2.11. The lowest BCUT2D eigenvalue weighted by molar-refractivity contribution is 0.0697. The number of carbonyl (C=O) groups is 1. The number of nitrogens with zero attached hydrogens (tertiary/aromatic N) is 2. The first-order valence-corrected chi connectivity index (χ1v) is 9.13. The van der Waals surface area contributed by atoms with Gasteiger partial charge in [-0.3, -0.25) is 0 Å². The van der Waals surface area contributed by atoms with E-state index in [1.165, 1.54) is 5.56 Å². The predicted molar refractivity (Wildman–Crippen MR) is 101 cm³/mol. The van der Waals surface area contributed by atoms with Gasteiger partial charge >= 0.3 is 5.97 Å².